The summed E-state index contributed by atoms with van der Waals surface area (Å²) in [5.74, 6) is -0.413. The summed E-state index contributed by atoms with van der Waals surface area (Å²) in [4.78, 5) is 28.0. The van der Waals surface area contributed by atoms with E-state index >= 15 is 0 Å². The van der Waals surface area contributed by atoms with E-state index in [1.807, 2.05) is 24.3 Å². The lowest BCUT2D eigenvalue weighted by Crippen LogP contribution is -2.20. The lowest BCUT2D eigenvalue weighted by molar-refractivity contribution is -0.142. The fourth-order valence-electron chi connectivity index (χ4n) is 2.18. The summed E-state index contributed by atoms with van der Waals surface area (Å²) < 4.78 is 11.1. The maximum atomic E-state index is 11.8. The molecule has 1 N–H and O–H groups in total. The van der Waals surface area contributed by atoms with E-state index in [2.05, 4.69) is 10.3 Å². The Balaban J connectivity index is 1.50. The Morgan fingerprint density at radius 1 is 1.19 bits per heavy atom. The fraction of sp³-hybridized carbons (Fsp3) is 0.105. The molecule has 0 spiro atoms. The van der Waals surface area contributed by atoms with E-state index in [1.54, 1.807) is 37.5 Å². The molecule has 1 aromatic heterocycles. The number of thiazole rings is 1. The number of esters is 1. The zero-order valence-corrected chi connectivity index (χ0v) is 14.8. The minimum absolute atomic E-state index is 0.375. The smallest absolute Gasteiger partial charge is 0.331 e. The number of para-hydroxylation sites is 1. The highest BCUT2D eigenvalue weighted by Gasteiger charge is 2.07. The number of fused-ring (bicyclic) bond motifs is 1. The van der Waals surface area contributed by atoms with Crippen LogP contribution in [0.5, 0.6) is 5.75 Å². The number of amides is 1. The third-order valence-corrected chi connectivity index (χ3v) is 4.37. The molecule has 0 unspecified atom stereocenters. The van der Waals surface area contributed by atoms with Gasteiger partial charge in [0.05, 0.1) is 17.3 Å². The number of anilines is 1. The molecule has 1 heterocycles. The van der Waals surface area contributed by atoms with Crippen LogP contribution in [0, 0.1) is 0 Å². The Kier molecular flexibility index (Phi) is 5.60. The molecule has 0 saturated heterocycles. The molecule has 0 radical (unpaired) electrons. The number of ether oxygens (including phenoxy) is 2. The van der Waals surface area contributed by atoms with Crippen LogP contribution in [0.25, 0.3) is 16.3 Å². The topological polar surface area (TPSA) is 77.5 Å². The number of rotatable bonds is 6. The Morgan fingerprint density at radius 3 is 2.85 bits per heavy atom. The first-order valence-corrected chi connectivity index (χ1v) is 8.60. The molecular weight excluding hydrogens is 352 g/mol. The van der Waals surface area contributed by atoms with Crippen LogP contribution >= 0.6 is 11.3 Å². The van der Waals surface area contributed by atoms with E-state index in [0.717, 1.165) is 10.2 Å². The fourth-order valence-corrected chi connectivity index (χ4v) is 3.05. The minimum Gasteiger partial charge on any atom is -0.497 e. The van der Waals surface area contributed by atoms with Crippen LogP contribution in [0.4, 0.5) is 5.69 Å². The highest BCUT2D eigenvalue weighted by molar-refractivity contribution is 7.19. The summed E-state index contributed by atoms with van der Waals surface area (Å²) in [5.41, 5.74) is 1.44. The predicted molar refractivity (Wildman–Crippen MR) is 101 cm³/mol. The van der Waals surface area contributed by atoms with E-state index in [4.69, 9.17) is 9.47 Å². The van der Waals surface area contributed by atoms with Crippen molar-refractivity contribution in [1.82, 2.24) is 4.98 Å². The van der Waals surface area contributed by atoms with Gasteiger partial charge < -0.3 is 14.8 Å². The molecule has 0 aliphatic carbocycles. The van der Waals surface area contributed by atoms with Crippen molar-refractivity contribution in [2.45, 2.75) is 0 Å². The standard InChI is InChI=1S/C19H16N2O4S/c1-24-14-6-4-5-13(11-14)20-17(22)12-25-19(23)10-9-18-21-15-7-2-3-8-16(15)26-18/h2-11H,12H2,1H3,(H,20,22)/b10-9+. The van der Waals surface area contributed by atoms with Gasteiger partial charge in [0, 0.05) is 17.8 Å². The van der Waals surface area contributed by atoms with Crippen molar-refractivity contribution in [1.29, 1.82) is 0 Å². The zero-order chi connectivity index (χ0) is 18.4. The van der Waals surface area contributed by atoms with Crippen molar-refractivity contribution in [3.63, 3.8) is 0 Å². The maximum Gasteiger partial charge on any atom is 0.331 e. The van der Waals surface area contributed by atoms with E-state index in [-0.39, 0.29) is 6.61 Å². The summed E-state index contributed by atoms with van der Waals surface area (Å²) in [7, 11) is 1.54. The molecule has 7 heteroatoms. The molecule has 26 heavy (non-hydrogen) atoms. The first-order chi connectivity index (χ1) is 12.6. The number of aromatic nitrogens is 1. The summed E-state index contributed by atoms with van der Waals surface area (Å²) in [6, 6.07) is 14.6. The largest absolute Gasteiger partial charge is 0.497 e. The lowest BCUT2D eigenvalue weighted by atomic mass is 10.3. The predicted octanol–water partition coefficient (Wildman–Crippen LogP) is 3.50. The van der Waals surface area contributed by atoms with Gasteiger partial charge >= 0.3 is 5.97 Å². The van der Waals surface area contributed by atoms with Gasteiger partial charge in [-0.3, -0.25) is 4.79 Å². The summed E-state index contributed by atoms with van der Waals surface area (Å²) in [6.07, 6.45) is 2.84. The van der Waals surface area contributed by atoms with Gasteiger partial charge in [-0.05, 0) is 30.3 Å². The molecule has 0 atom stereocenters. The van der Waals surface area contributed by atoms with E-state index in [9.17, 15) is 9.59 Å². The molecule has 132 valence electrons. The van der Waals surface area contributed by atoms with Gasteiger partial charge in [-0.25, -0.2) is 9.78 Å². The van der Waals surface area contributed by atoms with Crippen molar-refractivity contribution in [3.05, 3.63) is 59.6 Å². The average molecular weight is 368 g/mol. The second-order valence-electron chi connectivity index (χ2n) is 5.24. The first kappa shape index (κ1) is 17.6. The summed E-state index contributed by atoms with van der Waals surface area (Å²) >= 11 is 1.47. The number of nitrogens with zero attached hydrogens (tertiary/aromatic N) is 1. The molecule has 6 nitrogen and oxygen atoms in total. The van der Waals surface area contributed by atoms with Crippen molar-refractivity contribution in [2.75, 3.05) is 19.0 Å². The van der Waals surface area contributed by atoms with Gasteiger partial charge in [0.15, 0.2) is 6.61 Å². The van der Waals surface area contributed by atoms with Crippen LogP contribution < -0.4 is 10.1 Å². The Bertz CT molecular complexity index is 932. The number of carbonyl (C=O) groups excluding carboxylic acids is 2. The van der Waals surface area contributed by atoms with Crippen LogP contribution in [-0.2, 0) is 14.3 Å². The van der Waals surface area contributed by atoms with Gasteiger partial charge in [-0.2, -0.15) is 0 Å². The van der Waals surface area contributed by atoms with Crippen LogP contribution in [0.2, 0.25) is 0 Å². The zero-order valence-electron chi connectivity index (χ0n) is 14.0. The Labute approximate surface area is 154 Å². The third kappa shape index (κ3) is 4.67. The quantitative estimate of drug-likeness (QED) is 0.532. The number of hydrogen-bond donors (Lipinski definition) is 1. The van der Waals surface area contributed by atoms with Gasteiger partial charge in [-0.1, -0.05) is 18.2 Å². The van der Waals surface area contributed by atoms with Gasteiger partial charge in [0.1, 0.15) is 10.8 Å². The van der Waals surface area contributed by atoms with Crippen LogP contribution in [0.15, 0.2) is 54.6 Å². The first-order valence-electron chi connectivity index (χ1n) is 7.78. The molecule has 0 saturated carbocycles. The van der Waals surface area contributed by atoms with Crippen LogP contribution in [-0.4, -0.2) is 30.6 Å². The van der Waals surface area contributed by atoms with E-state index in [0.29, 0.717) is 16.4 Å². The van der Waals surface area contributed by atoms with Gasteiger partial charge in [0.25, 0.3) is 5.91 Å². The molecule has 2 aromatic carbocycles. The molecule has 1 amide bonds. The van der Waals surface area contributed by atoms with Crippen molar-refractivity contribution in [2.24, 2.45) is 0 Å². The number of hydrogen-bond acceptors (Lipinski definition) is 6. The monoisotopic (exact) mass is 368 g/mol. The normalized spacial score (nSPS) is 10.8. The maximum absolute atomic E-state index is 11.8. The number of benzene rings is 2. The molecule has 3 rings (SSSR count). The average Bonchev–Trinajstić information content (AvgIpc) is 3.08. The van der Waals surface area contributed by atoms with Gasteiger partial charge in [-0.15, -0.1) is 11.3 Å². The second kappa shape index (κ2) is 8.26. The molecule has 0 aliphatic heterocycles. The molecular formula is C19H16N2O4S. The van der Waals surface area contributed by atoms with Crippen LogP contribution in [0.3, 0.4) is 0 Å². The van der Waals surface area contributed by atoms with Gasteiger partial charge in [0.2, 0.25) is 0 Å². The highest BCUT2D eigenvalue weighted by Crippen LogP contribution is 2.22. The molecule has 3 aromatic rings. The number of carbonyl (C=O) groups is 2. The second-order valence-corrected chi connectivity index (χ2v) is 6.30. The van der Waals surface area contributed by atoms with Crippen LogP contribution in [0.1, 0.15) is 5.01 Å². The highest BCUT2D eigenvalue weighted by atomic mass is 32.1. The Hall–Kier alpha value is -3.19. The molecule has 0 bridgehead atoms. The third-order valence-electron chi connectivity index (χ3n) is 3.37. The summed E-state index contributed by atoms with van der Waals surface area (Å²) in [5, 5.41) is 3.33. The minimum atomic E-state index is -0.606. The van der Waals surface area contributed by atoms with E-state index in [1.165, 1.54) is 17.4 Å². The lowest BCUT2D eigenvalue weighted by Gasteiger charge is -2.06. The number of methoxy groups -OCH3 is 1. The van der Waals surface area contributed by atoms with Crippen molar-refractivity contribution in [3.8, 4) is 5.75 Å². The van der Waals surface area contributed by atoms with Crippen molar-refractivity contribution >= 4 is 45.2 Å². The van der Waals surface area contributed by atoms with Crippen molar-refractivity contribution < 1.29 is 19.1 Å². The molecule has 0 aliphatic rings. The SMILES string of the molecule is COc1cccc(NC(=O)COC(=O)/C=C/c2nc3ccccc3s2)c1. The number of nitrogens with one attached hydrogen (secondary N) is 1. The summed E-state index contributed by atoms with van der Waals surface area (Å²) in [6.45, 7) is -0.375. The Morgan fingerprint density at radius 2 is 2.04 bits per heavy atom. The van der Waals surface area contributed by atoms with E-state index < -0.39 is 11.9 Å². The molecule has 0 fully saturated rings.